The fourth-order valence-corrected chi connectivity index (χ4v) is 3.13. The molecule has 2 nitrogen and oxygen atoms in total. The lowest BCUT2D eigenvalue weighted by atomic mass is 10.0. The normalized spacial score (nSPS) is 13.5. The number of hydrogen-bond acceptors (Lipinski definition) is 3. The van der Waals surface area contributed by atoms with E-state index in [1.165, 1.54) is 17.5 Å². The van der Waals surface area contributed by atoms with Gasteiger partial charge in [-0.1, -0.05) is 11.6 Å². The Morgan fingerprint density at radius 2 is 2.11 bits per heavy atom. The maximum atomic E-state index is 13.0. The number of hydrogen-bond donors (Lipinski definition) is 1. The Labute approximate surface area is 117 Å². The zero-order valence-corrected chi connectivity index (χ0v) is 11.4. The Bertz CT molecular complexity index is 568. The third kappa shape index (κ3) is 2.91. The molecule has 0 spiro atoms. The quantitative estimate of drug-likeness (QED) is 0.922. The minimum absolute atomic E-state index is 0.0712. The second-order valence-electron chi connectivity index (χ2n) is 3.82. The van der Waals surface area contributed by atoms with Crippen LogP contribution >= 0.6 is 22.9 Å². The smallest absolute Gasteiger partial charge is 0.309 e. The van der Waals surface area contributed by atoms with E-state index in [1.54, 1.807) is 18.5 Å². The summed E-state index contributed by atoms with van der Waals surface area (Å²) in [6.45, 7) is 0. The van der Waals surface area contributed by atoms with Crippen molar-refractivity contribution in [2.45, 2.75) is 12.2 Å². The first kappa shape index (κ1) is 14.3. The molecule has 1 atom stereocenters. The van der Waals surface area contributed by atoms with Crippen molar-refractivity contribution in [2.24, 2.45) is 0 Å². The summed E-state index contributed by atoms with van der Waals surface area (Å²) in [6.07, 6.45) is -2.06. The topological polar surface area (TPSA) is 24.9 Å². The molecular weight excluding hydrogens is 297 g/mol. The molecule has 0 bridgehead atoms. The molecule has 0 saturated carbocycles. The lowest BCUT2D eigenvalue weighted by Gasteiger charge is -2.20. The maximum Gasteiger partial charge on any atom is 0.416 e. The van der Waals surface area contributed by atoms with E-state index >= 15 is 0 Å². The molecule has 0 aliphatic rings. The summed E-state index contributed by atoms with van der Waals surface area (Å²) in [5, 5.41) is 5.05. The van der Waals surface area contributed by atoms with Crippen LogP contribution in [0, 0.1) is 0 Å². The third-order valence-electron chi connectivity index (χ3n) is 2.66. The number of pyridine rings is 1. The van der Waals surface area contributed by atoms with Gasteiger partial charge in [0.1, 0.15) is 0 Å². The molecule has 0 radical (unpaired) electrons. The maximum absolute atomic E-state index is 13.0. The number of halogens is 4. The van der Waals surface area contributed by atoms with Crippen molar-refractivity contribution in [3.8, 4) is 0 Å². The number of aromatic nitrogens is 1. The first-order valence-electron chi connectivity index (χ1n) is 5.36. The van der Waals surface area contributed by atoms with Crippen LogP contribution < -0.4 is 5.32 Å². The number of rotatable bonds is 3. The summed E-state index contributed by atoms with van der Waals surface area (Å²) in [5.41, 5.74) is -0.631. The van der Waals surface area contributed by atoms with Gasteiger partial charge in [0.25, 0.3) is 0 Å². The minimum Gasteiger partial charge on any atom is -0.309 e. The summed E-state index contributed by atoms with van der Waals surface area (Å²) in [7, 11) is 1.59. The van der Waals surface area contributed by atoms with Crippen molar-refractivity contribution in [1.29, 1.82) is 0 Å². The Balaban J connectivity index is 2.54. The molecule has 0 aromatic carbocycles. The second kappa shape index (κ2) is 5.48. The molecule has 0 fully saturated rings. The molecule has 2 heterocycles. The van der Waals surface area contributed by atoms with Crippen LogP contribution in [0.15, 0.2) is 29.9 Å². The molecule has 1 unspecified atom stereocenters. The van der Waals surface area contributed by atoms with Crippen LogP contribution in [-0.4, -0.2) is 12.0 Å². The van der Waals surface area contributed by atoms with Gasteiger partial charge in [0.15, 0.2) is 0 Å². The summed E-state index contributed by atoms with van der Waals surface area (Å²) in [4.78, 5) is 4.43. The summed E-state index contributed by atoms with van der Waals surface area (Å²) in [6, 6.07) is 2.01. The highest BCUT2D eigenvalue weighted by Gasteiger charge is 2.35. The van der Waals surface area contributed by atoms with Crippen LogP contribution in [0.1, 0.15) is 22.0 Å². The fourth-order valence-electron chi connectivity index (χ4n) is 1.83. The highest BCUT2D eigenvalue weighted by Crippen LogP contribution is 2.39. The Morgan fingerprint density at radius 3 is 2.63 bits per heavy atom. The molecule has 1 N–H and O–H groups in total. The lowest BCUT2D eigenvalue weighted by Crippen LogP contribution is -2.21. The van der Waals surface area contributed by atoms with E-state index in [2.05, 4.69) is 10.3 Å². The molecule has 0 amide bonds. The molecule has 19 heavy (non-hydrogen) atoms. The van der Waals surface area contributed by atoms with Crippen molar-refractivity contribution in [2.75, 3.05) is 7.05 Å². The summed E-state index contributed by atoms with van der Waals surface area (Å²) in [5.74, 6) is 0. The van der Waals surface area contributed by atoms with Gasteiger partial charge < -0.3 is 5.32 Å². The van der Waals surface area contributed by atoms with Crippen LogP contribution in [0.4, 0.5) is 13.2 Å². The van der Waals surface area contributed by atoms with Crippen LogP contribution in [0.2, 0.25) is 5.02 Å². The van der Waals surface area contributed by atoms with E-state index in [0.29, 0.717) is 9.90 Å². The molecule has 0 aliphatic carbocycles. The average Bonchev–Trinajstić information content (AvgIpc) is 2.76. The third-order valence-corrected chi connectivity index (χ3v) is 4.09. The van der Waals surface area contributed by atoms with Gasteiger partial charge in [0.05, 0.1) is 16.6 Å². The zero-order chi connectivity index (χ0) is 14.0. The highest BCUT2D eigenvalue weighted by molar-refractivity contribution is 7.10. The molecule has 2 rings (SSSR count). The van der Waals surface area contributed by atoms with Crippen LogP contribution in [0.5, 0.6) is 0 Å². The van der Waals surface area contributed by atoms with Gasteiger partial charge in [0, 0.05) is 22.8 Å². The molecule has 2 aromatic rings. The molecule has 0 saturated heterocycles. The van der Waals surface area contributed by atoms with E-state index < -0.39 is 17.8 Å². The van der Waals surface area contributed by atoms with Crippen molar-refractivity contribution in [1.82, 2.24) is 10.3 Å². The number of alkyl halides is 3. The van der Waals surface area contributed by atoms with Gasteiger partial charge >= 0.3 is 6.18 Å². The zero-order valence-electron chi connectivity index (χ0n) is 9.83. The molecule has 2 aromatic heterocycles. The van der Waals surface area contributed by atoms with Crippen molar-refractivity contribution < 1.29 is 13.2 Å². The van der Waals surface area contributed by atoms with E-state index in [4.69, 9.17) is 11.6 Å². The first-order chi connectivity index (χ1) is 8.95. The Kier molecular flexibility index (Phi) is 4.13. The summed E-state index contributed by atoms with van der Waals surface area (Å²) >= 11 is 7.31. The van der Waals surface area contributed by atoms with E-state index in [0.717, 1.165) is 12.3 Å². The monoisotopic (exact) mass is 306 g/mol. The number of thiophene rings is 1. The minimum atomic E-state index is -4.42. The van der Waals surface area contributed by atoms with Gasteiger partial charge in [-0.05, 0) is 24.6 Å². The molecule has 7 heteroatoms. The first-order valence-corrected chi connectivity index (χ1v) is 6.62. The standard InChI is InChI=1S/C12H10ClF3N2S/c1-17-10(11-9(13)3-5-19-11)7-6-18-4-2-8(7)12(14,15)16/h2-6,10,17H,1H3. The van der Waals surface area contributed by atoms with Crippen molar-refractivity contribution >= 4 is 22.9 Å². The van der Waals surface area contributed by atoms with Crippen LogP contribution in [0.3, 0.4) is 0 Å². The lowest BCUT2D eigenvalue weighted by molar-refractivity contribution is -0.138. The highest BCUT2D eigenvalue weighted by atomic mass is 35.5. The summed E-state index contributed by atoms with van der Waals surface area (Å²) < 4.78 is 39.0. The number of nitrogens with one attached hydrogen (secondary N) is 1. The fraction of sp³-hybridized carbons (Fsp3) is 0.250. The molecule has 102 valence electrons. The van der Waals surface area contributed by atoms with Gasteiger partial charge in [-0.15, -0.1) is 11.3 Å². The van der Waals surface area contributed by atoms with E-state index in [-0.39, 0.29) is 5.56 Å². The Morgan fingerprint density at radius 1 is 1.37 bits per heavy atom. The van der Waals surface area contributed by atoms with Crippen molar-refractivity contribution in [3.05, 3.63) is 50.9 Å². The number of nitrogens with zero attached hydrogens (tertiary/aromatic N) is 1. The average molecular weight is 307 g/mol. The van der Waals surface area contributed by atoms with Gasteiger partial charge in [0.2, 0.25) is 0 Å². The SMILES string of the molecule is CNC(c1cnccc1C(F)(F)F)c1sccc1Cl. The largest absolute Gasteiger partial charge is 0.416 e. The van der Waals surface area contributed by atoms with Gasteiger partial charge in [-0.3, -0.25) is 4.98 Å². The van der Waals surface area contributed by atoms with E-state index in [1.807, 2.05) is 0 Å². The Hall–Kier alpha value is -1.11. The predicted octanol–water partition coefficient (Wildman–Crippen LogP) is 4.12. The van der Waals surface area contributed by atoms with Gasteiger partial charge in [-0.2, -0.15) is 13.2 Å². The van der Waals surface area contributed by atoms with E-state index in [9.17, 15) is 13.2 Å². The molecule has 0 aliphatic heterocycles. The molecular formula is C12H10ClF3N2S. The van der Waals surface area contributed by atoms with Crippen LogP contribution in [-0.2, 0) is 6.18 Å². The second-order valence-corrected chi connectivity index (χ2v) is 5.17. The predicted molar refractivity (Wildman–Crippen MR) is 69.5 cm³/mol. The van der Waals surface area contributed by atoms with Crippen LogP contribution in [0.25, 0.3) is 0 Å². The van der Waals surface area contributed by atoms with Crippen molar-refractivity contribution in [3.63, 3.8) is 0 Å². The van der Waals surface area contributed by atoms with Gasteiger partial charge in [-0.25, -0.2) is 0 Å².